The van der Waals surface area contributed by atoms with E-state index in [1.165, 1.54) is 11.3 Å². The van der Waals surface area contributed by atoms with Gasteiger partial charge in [-0.05, 0) is 5.53 Å². The fourth-order valence-electron chi connectivity index (χ4n) is 0.715. The Bertz CT molecular complexity index is 291. The minimum atomic E-state index is 0.316. The van der Waals surface area contributed by atoms with E-state index >= 15 is 0 Å². The Morgan fingerprint density at radius 3 is 3.33 bits per heavy atom. The van der Waals surface area contributed by atoms with Crippen LogP contribution in [0, 0.1) is 0 Å². The zero-order valence-corrected chi connectivity index (χ0v) is 7.41. The van der Waals surface area contributed by atoms with Crippen LogP contribution in [0.15, 0.2) is 10.5 Å². The lowest BCUT2D eigenvalue weighted by Gasteiger charge is -1.89. The second-order valence-electron chi connectivity index (χ2n) is 2.05. The number of hydrogen-bond donors (Lipinski definition) is 0. The maximum absolute atomic E-state index is 8.05. The number of ether oxygens (including phenoxy) is 1. The second kappa shape index (κ2) is 4.71. The predicted octanol–water partition coefficient (Wildman–Crippen LogP) is 2.10. The summed E-state index contributed by atoms with van der Waals surface area (Å²) in [5.41, 5.74) is 8.84. The van der Waals surface area contributed by atoms with E-state index in [4.69, 9.17) is 10.3 Å². The highest BCUT2D eigenvalue weighted by Crippen LogP contribution is 2.11. The molecule has 0 bridgehead atoms. The minimum absolute atomic E-state index is 0.316. The predicted molar refractivity (Wildman–Crippen MR) is 45.7 cm³/mol. The van der Waals surface area contributed by atoms with E-state index in [1.807, 2.05) is 5.38 Å². The Kier molecular flexibility index (Phi) is 3.53. The van der Waals surface area contributed by atoms with Gasteiger partial charge in [-0.1, -0.05) is 5.11 Å². The van der Waals surface area contributed by atoms with Crippen molar-refractivity contribution in [3.05, 3.63) is 26.5 Å². The molecule has 0 aliphatic rings. The lowest BCUT2D eigenvalue weighted by atomic mass is 10.5. The smallest absolute Gasteiger partial charge is 0.119 e. The molecule has 0 N–H and O–H groups in total. The van der Waals surface area contributed by atoms with Gasteiger partial charge in [0.05, 0.1) is 18.8 Å². The third-order valence-electron chi connectivity index (χ3n) is 1.16. The molecule has 0 saturated carbocycles. The van der Waals surface area contributed by atoms with Crippen molar-refractivity contribution in [2.75, 3.05) is 7.11 Å². The van der Waals surface area contributed by atoms with E-state index in [1.54, 1.807) is 7.11 Å². The van der Waals surface area contributed by atoms with Crippen LogP contribution in [0.3, 0.4) is 0 Å². The van der Waals surface area contributed by atoms with Gasteiger partial charge in [0.25, 0.3) is 0 Å². The van der Waals surface area contributed by atoms with Crippen molar-refractivity contribution < 1.29 is 4.74 Å². The summed E-state index contributed by atoms with van der Waals surface area (Å²) >= 11 is 1.51. The van der Waals surface area contributed by atoms with Crippen molar-refractivity contribution in [2.45, 2.75) is 13.2 Å². The summed E-state index contributed by atoms with van der Waals surface area (Å²) in [7, 11) is 1.62. The van der Waals surface area contributed by atoms with E-state index in [9.17, 15) is 0 Å². The third kappa shape index (κ3) is 2.50. The van der Waals surface area contributed by atoms with Crippen LogP contribution in [0.1, 0.15) is 10.7 Å². The maximum atomic E-state index is 8.05. The molecular formula is C6H8N4OS. The van der Waals surface area contributed by atoms with Gasteiger partial charge in [-0.25, -0.2) is 4.98 Å². The molecule has 0 amide bonds. The third-order valence-corrected chi connectivity index (χ3v) is 2.03. The summed E-state index contributed by atoms with van der Waals surface area (Å²) < 4.78 is 4.89. The van der Waals surface area contributed by atoms with Gasteiger partial charge in [0.2, 0.25) is 0 Å². The number of azide groups is 1. The first-order valence-electron chi connectivity index (χ1n) is 3.30. The van der Waals surface area contributed by atoms with Crippen molar-refractivity contribution in [2.24, 2.45) is 5.11 Å². The molecule has 0 atom stereocenters. The quantitative estimate of drug-likeness (QED) is 0.408. The van der Waals surface area contributed by atoms with Gasteiger partial charge < -0.3 is 4.74 Å². The molecule has 0 aliphatic carbocycles. The average molecular weight is 184 g/mol. The molecule has 1 rings (SSSR count). The first-order chi connectivity index (χ1) is 5.86. The molecule has 1 aromatic rings. The first kappa shape index (κ1) is 8.99. The molecule has 0 fully saturated rings. The van der Waals surface area contributed by atoms with E-state index in [2.05, 4.69) is 15.0 Å². The summed E-state index contributed by atoms with van der Waals surface area (Å²) in [6, 6.07) is 0. The second-order valence-corrected chi connectivity index (χ2v) is 3.00. The largest absolute Gasteiger partial charge is 0.378 e. The fourth-order valence-corrected chi connectivity index (χ4v) is 1.47. The molecule has 0 unspecified atom stereocenters. The van der Waals surface area contributed by atoms with Crippen LogP contribution < -0.4 is 0 Å². The monoisotopic (exact) mass is 184 g/mol. The van der Waals surface area contributed by atoms with Gasteiger partial charge >= 0.3 is 0 Å². The number of methoxy groups -OCH3 is 1. The minimum Gasteiger partial charge on any atom is -0.378 e. The fraction of sp³-hybridized carbons (Fsp3) is 0.500. The Balaban J connectivity index is 2.57. The molecule has 0 spiro atoms. The number of hydrogen-bond acceptors (Lipinski definition) is 4. The maximum Gasteiger partial charge on any atom is 0.119 e. The highest BCUT2D eigenvalue weighted by molar-refractivity contribution is 7.09. The van der Waals surface area contributed by atoms with Crippen LogP contribution in [-0.2, 0) is 17.9 Å². The normalized spacial score (nSPS) is 9.42. The van der Waals surface area contributed by atoms with Crippen molar-refractivity contribution in [1.29, 1.82) is 0 Å². The zero-order valence-electron chi connectivity index (χ0n) is 6.60. The number of rotatable bonds is 4. The molecular weight excluding hydrogens is 176 g/mol. The van der Waals surface area contributed by atoms with Crippen molar-refractivity contribution in [3.63, 3.8) is 0 Å². The lowest BCUT2D eigenvalue weighted by molar-refractivity contribution is 0.184. The highest BCUT2D eigenvalue weighted by Gasteiger charge is 1.99. The lowest BCUT2D eigenvalue weighted by Crippen LogP contribution is -1.87. The molecule has 12 heavy (non-hydrogen) atoms. The van der Waals surface area contributed by atoms with Crippen LogP contribution >= 0.6 is 11.3 Å². The summed E-state index contributed by atoms with van der Waals surface area (Å²) in [6.07, 6.45) is 0. The highest BCUT2D eigenvalue weighted by atomic mass is 32.1. The molecule has 1 aromatic heterocycles. The molecule has 1 heterocycles. The Morgan fingerprint density at radius 2 is 2.67 bits per heavy atom. The molecule has 64 valence electrons. The summed E-state index contributed by atoms with van der Waals surface area (Å²) in [4.78, 5) is 6.81. The van der Waals surface area contributed by atoms with E-state index in [-0.39, 0.29) is 0 Å². The molecule has 6 heteroatoms. The van der Waals surface area contributed by atoms with E-state index in [0.717, 1.165) is 10.7 Å². The van der Waals surface area contributed by atoms with Gasteiger partial charge in [-0.3, -0.25) is 0 Å². The molecule has 0 saturated heterocycles. The van der Waals surface area contributed by atoms with Crippen molar-refractivity contribution in [1.82, 2.24) is 4.98 Å². The summed E-state index contributed by atoms with van der Waals surface area (Å²) in [6.45, 7) is 0.831. The topological polar surface area (TPSA) is 70.9 Å². The van der Waals surface area contributed by atoms with E-state index in [0.29, 0.717) is 13.2 Å². The van der Waals surface area contributed by atoms with Crippen molar-refractivity contribution >= 4 is 11.3 Å². The number of thiazole rings is 1. The average Bonchev–Trinajstić information content (AvgIpc) is 2.50. The molecule has 0 aliphatic heterocycles. The van der Waals surface area contributed by atoms with Gasteiger partial charge in [0.15, 0.2) is 0 Å². The van der Waals surface area contributed by atoms with Gasteiger partial charge in [0, 0.05) is 17.4 Å². The van der Waals surface area contributed by atoms with Crippen LogP contribution in [0.25, 0.3) is 10.4 Å². The van der Waals surface area contributed by atoms with Gasteiger partial charge in [-0.15, -0.1) is 11.3 Å². The van der Waals surface area contributed by atoms with Gasteiger partial charge in [0.1, 0.15) is 5.01 Å². The molecule has 0 radical (unpaired) electrons. The van der Waals surface area contributed by atoms with Crippen LogP contribution in [0.4, 0.5) is 0 Å². The standard InChI is InChI=1S/C6H8N4OS/c1-11-3-6-9-5(4-12-6)2-8-10-7/h4H,2-3H2,1H3. The number of nitrogens with zero attached hydrogens (tertiary/aromatic N) is 4. The van der Waals surface area contributed by atoms with Crippen molar-refractivity contribution in [3.8, 4) is 0 Å². The Labute approximate surface area is 73.6 Å². The molecule has 0 aromatic carbocycles. The molecule has 5 nitrogen and oxygen atoms in total. The SMILES string of the molecule is COCc1nc(CN=[N+]=[N-])cs1. The Morgan fingerprint density at radius 1 is 1.83 bits per heavy atom. The zero-order chi connectivity index (χ0) is 8.81. The summed E-state index contributed by atoms with van der Waals surface area (Å²) in [5, 5.41) is 6.17. The van der Waals surface area contributed by atoms with Crippen LogP contribution in [0.5, 0.6) is 0 Å². The number of aromatic nitrogens is 1. The van der Waals surface area contributed by atoms with Gasteiger partial charge in [-0.2, -0.15) is 0 Å². The van der Waals surface area contributed by atoms with Crippen LogP contribution in [0.2, 0.25) is 0 Å². The van der Waals surface area contributed by atoms with Crippen LogP contribution in [-0.4, -0.2) is 12.1 Å². The summed E-state index contributed by atoms with van der Waals surface area (Å²) in [5.74, 6) is 0. The Hall–Kier alpha value is -1.10. The first-order valence-corrected chi connectivity index (χ1v) is 4.18. The van der Waals surface area contributed by atoms with E-state index < -0.39 is 0 Å².